The Morgan fingerprint density at radius 1 is 1.29 bits per heavy atom. The highest BCUT2D eigenvalue weighted by molar-refractivity contribution is 9.10. The Labute approximate surface area is 109 Å². The number of aliphatic hydroxyl groups excluding tert-OH is 1. The van der Waals surface area contributed by atoms with Crippen molar-refractivity contribution in [1.82, 2.24) is 9.97 Å². The zero-order valence-electron chi connectivity index (χ0n) is 9.44. The minimum Gasteiger partial charge on any atom is -0.393 e. The van der Waals surface area contributed by atoms with Crippen LogP contribution in [0.5, 0.6) is 0 Å². The molecule has 2 rings (SSSR count). The topological polar surface area (TPSA) is 48.9 Å². The smallest absolute Gasteiger partial charge is 0.108 e. The fraction of sp³-hybridized carbons (Fsp3) is 0.308. The molecular formula is C13H15BrN2O. The van der Waals surface area contributed by atoms with Crippen molar-refractivity contribution in [2.75, 3.05) is 0 Å². The van der Waals surface area contributed by atoms with Gasteiger partial charge in [-0.1, -0.05) is 28.1 Å². The van der Waals surface area contributed by atoms with Crippen LogP contribution in [0.4, 0.5) is 0 Å². The van der Waals surface area contributed by atoms with E-state index in [-0.39, 0.29) is 6.10 Å². The van der Waals surface area contributed by atoms with Gasteiger partial charge in [0.1, 0.15) is 5.82 Å². The van der Waals surface area contributed by atoms with Crippen molar-refractivity contribution in [3.05, 3.63) is 52.5 Å². The third-order valence-corrected chi connectivity index (χ3v) is 3.19. The molecular weight excluding hydrogens is 280 g/mol. The van der Waals surface area contributed by atoms with E-state index in [1.165, 1.54) is 5.56 Å². The van der Waals surface area contributed by atoms with E-state index in [2.05, 4.69) is 38.0 Å². The summed E-state index contributed by atoms with van der Waals surface area (Å²) in [6.45, 7) is 0. The lowest BCUT2D eigenvalue weighted by Crippen LogP contribution is -2.12. The standard InChI is InChI=1S/C13H15BrN2O/c14-11-4-1-10(2-5-11)3-6-12(17)9-13-15-7-8-16-13/h1-2,4-5,7-8,12,17H,3,6,9H2,(H,15,16). The molecule has 1 heterocycles. The Bertz CT molecular complexity index is 439. The van der Waals surface area contributed by atoms with E-state index in [9.17, 15) is 5.11 Å². The molecule has 3 nitrogen and oxygen atoms in total. The number of aromatic amines is 1. The molecule has 0 aliphatic heterocycles. The normalized spacial score (nSPS) is 12.6. The van der Waals surface area contributed by atoms with E-state index in [1.54, 1.807) is 12.4 Å². The van der Waals surface area contributed by atoms with E-state index >= 15 is 0 Å². The molecule has 0 amide bonds. The molecule has 1 aromatic carbocycles. The predicted octanol–water partition coefficient (Wildman–Crippen LogP) is 2.71. The number of nitrogens with one attached hydrogen (secondary N) is 1. The van der Waals surface area contributed by atoms with Crippen LogP contribution < -0.4 is 0 Å². The number of aryl methyl sites for hydroxylation is 1. The molecule has 0 aliphatic carbocycles. The van der Waals surface area contributed by atoms with E-state index in [1.807, 2.05) is 12.1 Å². The summed E-state index contributed by atoms with van der Waals surface area (Å²) < 4.78 is 1.08. The van der Waals surface area contributed by atoms with Gasteiger partial charge in [-0.25, -0.2) is 4.98 Å². The highest BCUT2D eigenvalue weighted by Crippen LogP contribution is 2.13. The molecule has 0 saturated carbocycles. The molecule has 0 aliphatic rings. The highest BCUT2D eigenvalue weighted by atomic mass is 79.9. The third kappa shape index (κ3) is 3.98. The van der Waals surface area contributed by atoms with Crippen molar-refractivity contribution in [3.63, 3.8) is 0 Å². The van der Waals surface area contributed by atoms with Crippen molar-refractivity contribution in [1.29, 1.82) is 0 Å². The summed E-state index contributed by atoms with van der Waals surface area (Å²) in [7, 11) is 0. The number of nitrogens with zero attached hydrogens (tertiary/aromatic N) is 1. The minimum atomic E-state index is -0.343. The number of H-pyrrole nitrogens is 1. The summed E-state index contributed by atoms with van der Waals surface area (Å²) >= 11 is 3.40. The van der Waals surface area contributed by atoms with Crippen LogP contribution in [0.1, 0.15) is 17.8 Å². The fourth-order valence-corrected chi connectivity index (χ4v) is 1.98. The van der Waals surface area contributed by atoms with E-state index in [0.717, 1.165) is 23.1 Å². The fourth-order valence-electron chi connectivity index (χ4n) is 1.72. The van der Waals surface area contributed by atoms with E-state index < -0.39 is 0 Å². The Morgan fingerprint density at radius 2 is 2.06 bits per heavy atom. The largest absolute Gasteiger partial charge is 0.393 e. The van der Waals surface area contributed by atoms with Crippen LogP contribution in [0.3, 0.4) is 0 Å². The van der Waals surface area contributed by atoms with E-state index in [4.69, 9.17) is 0 Å². The molecule has 90 valence electrons. The number of benzene rings is 1. The minimum absolute atomic E-state index is 0.343. The second kappa shape index (κ2) is 5.98. The van der Waals surface area contributed by atoms with Crippen LogP contribution in [0.25, 0.3) is 0 Å². The monoisotopic (exact) mass is 294 g/mol. The van der Waals surface area contributed by atoms with E-state index in [0.29, 0.717) is 6.42 Å². The van der Waals surface area contributed by atoms with Crippen LogP contribution in [0.15, 0.2) is 41.1 Å². The van der Waals surface area contributed by atoms with Gasteiger partial charge in [0, 0.05) is 23.3 Å². The summed E-state index contributed by atoms with van der Waals surface area (Å²) in [5.41, 5.74) is 1.24. The lowest BCUT2D eigenvalue weighted by molar-refractivity contribution is 0.163. The van der Waals surface area contributed by atoms with Crippen LogP contribution >= 0.6 is 15.9 Å². The Hall–Kier alpha value is -1.13. The lowest BCUT2D eigenvalue weighted by atomic mass is 10.1. The Balaban J connectivity index is 1.79. The average molecular weight is 295 g/mol. The van der Waals surface area contributed by atoms with Crippen LogP contribution in [-0.4, -0.2) is 21.2 Å². The van der Waals surface area contributed by atoms with Gasteiger partial charge in [-0.2, -0.15) is 0 Å². The summed E-state index contributed by atoms with van der Waals surface area (Å²) in [4.78, 5) is 7.10. The number of rotatable bonds is 5. The number of imidazole rings is 1. The number of halogens is 1. The number of hydrogen-bond donors (Lipinski definition) is 2. The predicted molar refractivity (Wildman–Crippen MR) is 70.8 cm³/mol. The third-order valence-electron chi connectivity index (χ3n) is 2.66. The summed E-state index contributed by atoms with van der Waals surface area (Å²) in [5.74, 6) is 0.841. The van der Waals surface area contributed by atoms with Gasteiger partial charge in [0.05, 0.1) is 6.10 Å². The molecule has 1 atom stereocenters. The molecule has 1 unspecified atom stereocenters. The molecule has 2 N–H and O–H groups in total. The quantitative estimate of drug-likeness (QED) is 0.891. The molecule has 0 radical (unpaired) electrons. The second-order valence-electron chi connectivity index (χ2n) is 4.06. The van der Waals surface area contributed by atoms with Gasteiger partial charge in [-0.15, -0.1) is 0 Å². The Kier molecular flexibility index (Phi) is 4.34. The number of aliphatic hydroxyl groups is 1. The average Bonchev–Trinajstić information content (AvgIpc) is 2.81. The van der Waals surface area contributed by atoms with Crippen LogP contribution in [-0.2, 0) is 12.8 Å². The van der Waals surface area contributed by atoms with Crippen molar-refractivity contribution < 1.29 is 5.11 Å². The molecule has 0 bridgehead atoms. The molecule has 4 heteroatoms. The first-order valence-corrected chi connectivity index (χ1v) is 6.44. The number of hydrogen-bond acceptors (Lipinski definition) is 2. The first-order valence-electron chi connectivity index (χ1n) is 5.65. The van der Waals surface area contributed by atoms with Gasteiger partial charge < -0.3 is 10.1 Å². The summed E-state index contributed by atoms with van der Waals surface area (Å²) in [6, 6.07) is 8.19. The van der Waals surface area contributed by atoms with Crippen molar-refractivity contribution in [2.45, 2.75) is 25.4 Å². The molecule has 0 fully saturated rings. The van der Waals surface area contributed by atoms with Gasteiger partial charge in [-0.05, 0) is 30.5 Å². The number of aromatic nitrogens is 2. The first kappa shape index (κ1) is 12.3. The van der Waals surface area contributed by atoms with Crippen LogP contribution in [0.2, 0.25) is 0 Å². The maximum Gasteiger partial charge on any atom is 0.108 e. The molecule has 17 heavy (non-hydrogen) atoms. The zero-order valence-corrected chi connectivity index (χ0v) is 11.0. The lowest BCUT2D eigenvalue weighted by Gasteiger charge is -2.08. The first-order chi connectivity index (χ1) is 8.24. The molecule has 1 aromatic heterocycles. The molecule has 2 aromatic rings. The van der Waals surface area contributed by atoms with Gasteiger partial charge in [0.2, 0.25) is 0 Å². The maximum atomic E-state index is 9.87. The maximum absolute atomic E-state index is 9.87. The van der Waals surface area contributed by atoms with Gasteiger partial charge in [0.15, 0.2) is 0 Å². The summed E-state index contributed by atoms with van der Waals surface area (Å²) in [5, 5.41) is 9.87. The van der Waals surface area contributed by atoms with Crippen LogP contribution in [0, 0.1) is 0 Å². The van der Waals surface area contributed by atoms with Gasteiger partial charge in [-0.3, -0.25) is 0 Å². The molecule has 0 saturated heterocycles. The van der Waals surface area contributed by atoms with Gasteiger partial charge in [0.25, 0.3) is 0 Å². The SMILES string of the molecule is OC(CCc1ccc(Br)cc1)Cc1ncc[nH]1. The van der Waals surface area contributed by atoms with Gasteiger partial charge >= 0.3 is 0 Å². The van der Waals surface area contributed by atoms with Crippen molar-refractivity contribution in [3.8, 4) is 0 Å². The van der Waals surface area contributed by atoms with Crippen molar-refractivity contribution in [2.24, 2.45) is 0 Å². The zero-order chi connectivity index (χ0) is 12.1. The second-order valence-corrected chi connectivity index (χ2v) is 4.97. The Morgan fingerprint density at radius 3 is 2.71 bits per heavy atom. The van der Waals surface area contributed by atoms with Crippen molar-refractivity contribution >= 4 is 15.9 Å². The molecule has 0 spiro atoms. The highest BCUT2D eigenvalue weighted by Gasteiger charge is 2.07. The summed E-state index contributed by atoms with van der Waals surface area (Å²) in [6.07, 6.45) is 5.36.